The minimum atomic E-state index is -3.92. The maximum absolute atomic E-state index is 14.0. The van der Waals surface area contributed by atoms with Gasteiger partial charge in [0.15, 0.2) is 5.82 Å². The standard InChI is InChI=1S/C13H18ClFN2O3S/c1-20-8-9-2-4-17(5-3-9)21(18,19)12-7-10(16)6-11(14)13(12)15/h6-7,9H,2-5,8,16H2,1H3. The molecular weight excluding hydrogens is 319 g/mol. The lowest BCUT2D eigenvalue weighted by molar-refractivity contribution is 0.121. The molecule has 0 amide bonds. The quantitative estimate of drug-likeness (QED) is 0.855. The Balaban J connectivity index is 2.24. The van der Waals surface area contributed by atoms with Crippen LogP contribution in [0.25, 0.3) is 0 Å². The largest absolute Gasteiger partial charge is 0.399 e. The lowest BCUT2D eigenvalue weighted by Crippen LogP contribution is -2.39. The highest BCUT2D eigenvalue weighted by molar-refractivity contribution is 7.89. The van der Waals surface area contributed by atoms with Gasteiger partial charge in [0.25, 0.3) is 0 Å². The Bertz CT molecular complexity index is 616. The number of nitrogens with zero attached hydrogens (tertiary/aromatic N) is 1. The number of nitrogens with two attached hydrogens (primary N) is 1. The molecular formula is C13H18ClFN2O3S. The number of halogens is 2. The van der Waals surface area contributed by atoms with Gasteiger partial charge in [-0.05, 0) is 30.9 Å². The third kappa shape index (κ3) is 3.48. The summed E-state index contributed by atoms with van der Waals surface area (Å²) in [5.41, 5.74) is 5.69. The van der Waals surface area contributed by atoms with E-state index in [1.165, 1.54) is 10.4 Å². The molecule has 0 bridgehead atoms. The molecule has 1 aromatic carbocycles. The molecule has 21 heavy (non-hydrogen) atoms. The van der Waals surface area contributed by atoms with Crippen LogP contribution < -0.4 is 5.73 Å². The summed E-state index contributed by atoms with van der Waals surface area (Å²) in [4.78, 5) is -0.460. The fourth-order valence-corrected chi connectivity index (χ4v) is 4.34. The van der Waals surface area contributed by atoms with Crippen LogP contribution in [0.1, 0.15) is 12.8 Å². The van der Waals surface area contributed by atoms with E-state index in [0.717, 1.165) is 6.07 Å². The predicted octanol–water partition coefficient (Wildman–Crippen LogP) is 2.11. The van der Waals surface area contributed by atoms with Crippen molar-refractivity contribution in [3.63, 3.8) is 0 Å². The fraction of sp³-hybridized carbons (Fsp3) is 0.538. The molecule has 1 fully saturated rings. The minimum Gasteiger partial charge on any atom is -0.399 e. The summed E-state index contributed by atoms with van der Waals surface area (Å²) in [6, 6.07) is 2.30. The van der Waals surface area contributed by atoms with E-state index >= 15 is 0 Å². The van der Waals surface area contributed by atoms with E-state index in [1.54, 1.807) is 7.11 Å². The van der Waals surface area contributed by atoms with Gasteiger partial charge in [-0.1, -0.05) is 11.6 Å². The summed E-state index contributed by atoms with van der Waals surface area (Å²) in [5, 5.41) is -0.289. The number of anilines is 1. The minimum absolute atomic E-state index is 0.120. The zero-order chi connectivity index (χ0) is 15.6. The molecule has 0 aliphatic carbocycles. The summed E-state index contributed by atoms with van der Waals surface area (Å²) in [5.74, 6) is -0.624. The van der Waals surface area contributed by atoms with Gasteiger partial charge in [0.2, 0.25) is 10.0 Å². The Kier molecular flexibility index (Phi) is 5.08. The number of ether oxygens (including phenoxy) is 1. The topological polar surface area (TPSA) is 72.6 Å². The predicted molar refractivity (Wildman–Crippen MR) is 79.2 cm³/mol. The first-order chi connectivity index (χ1) is 9.86. The third-order valence-corrected chi connectivity index (χ3v) is 5.78. The molecule has 1 aliphatic rings. The van der Waals surface area contributed by atoms with E-state index in [-0.39, 0.29) is 10.7 Å². The van der Waals surface area contributed by atoms with Crippen molar-refractivity contribution < 1.29 is 17.5 Å². The average Bonchev–Trinajstić information content (AvgIpc) is 2.43. The van der Waals surface area contributed by atoms with Crippen molar-refractivity contribution >= 4 is 27.3 Å². The van der Waals surface area contributed by atoms with Crippen LogP contribution in [0.5, 0.6) is 0 Å². The molecule has 0 saturated carbocycles. The Morgan fingerprint density at radius 1 is 1.43 bits per heavy atom. The van der Waals surface area contributed by atoms with Crippen molar-refractivity contribution in [3.8, 4) is 0 Å². The fourth-order valence-electron chi connectivity index (χ4n) is 2.46. The number of nitrogen functional groups attached to an aromatic ring is 1. The van der Waals surface area contributed by atoms with Gasteiger partial charge in [-0.2, -0.15) is 4.31 Å². The zero-order valence-electron chi connectivity index (χ0n) is 11.7. The van der Waals surface area contributed by atoms with Crippen LogP contribution in [0, 0.1) is 11.7 Å². The highest BCUT2D eigenvalue weighted by Crippen LogP contribution is 2.30. The average molecular weight is 337 g/mol. The summed E-state index contributed by atoms with van der Waals surface area (Å²) in [6.45, 7) is 1.27. The third-order valence-electron chi connectivity index (χ3n) is 3.61. The Labute approximate surface area is 128 Å². The lowest BCUT2D eigenvalue weighted by atomic mass is 9.99. The van der Waals surface area contributed by atoms with Crippen molar-refractivity contribution in [3.05, 3.63) is 23.0 Å². The van der Waals surface area contributed by atoms with E-state index in [0.29, 0.717) is 38.5 Å². The van der Waals surface area contributed by atoms with Gasteiger partial charge in [-0.15, -0.1) is 0 Å². The van der Waals surface area contributed by atoms with E-state index in [2.05, 4.69) is 0 Å². The molecule has 2 rings (SSSR count). The van der Waals surface area contributed by atoms with Crippen LogP contribution >= 0.6 is 11.6 Å². The van der Waals surface area contributed by atoms with Crippen molar-refractivity contribution in [1.82, 2.24) is 4.31 Å². The van der Waals surface area contributed by atoms with Crippen LogP contribution in [-0.2, 0) is 14.8 Å². The van der Waals surface area contributed by atoms with Crippen LogP contribution in [0.15, 0.2) is 17.0 Å². The van der Waals surface area contributed by atoms with E-state index in [1.807, 2.05) is 0 Å². The molecule has 8 heteroatoms. The van der Waals surface area contributed by atoms with Crippen molar-refractivity contribution in [2.45, 2.75) is 17.7 Å². The zero-order valence-corrected chi connectivity index (χ0v) is 13.3. The normalized spacial score (nSPS) is 18.0. The molecule has 1 aromatic rings. The van der Waals surface area contributed by atoms with Gasteiger partial charge in [0, 0.05) is 32.5 Å². The first kappa shape index (κ1) is 16.5. The number of hydrogen-bond donors (Lipinski definition) is 1. The lowest BCUT2D eigenvalue weighted by Gasteiger charge is -2.31. The Morgan fingerprint density at radius 3 is 2.62 bits per heavy atom. The first-order valence-corrected chi connectivity index (χ1v) is 8.41. The van der Waals surface area contributed by atoms with Gasteiger partial charge in [0.1, 0.15) is 4.90 Å². The summed E-state index contributed by atoms with van der Waals surface area (Å²) in [7, 11) is -2.30. The molecule has 1 saturated heterocycles. The Hall–Kier alpha value is -0.890. The molecule has 0 atom stereocenters. The van der Waals surface area contributed by atoms with Crippen LogP contribution in [0.2, 0.25) is 5.02 Å². The summed E-state index contributed by atoms with van der Waals surface area (Å²) < 4.78 is 45.4. The first-order valence-electron chi connectivity index (χ1n) is 6.60. The van der Waals surface area contributed by atoms with Crippen LogP contribution in [0.3, 0.4) is 0 Å². The number of methoxy groups -OCH3 is 1. The van der Waals surface area contributed by atoms with Gasteiger partial charge < -0.3 is 10.5 Å². The molecule has 0 unspecified atom stereocenters. The SMILES string of the molecule is COCC1CCN(S(=O)(=O)c2cc(N)cc(Cl)c2F)CC1. The second-order valence-electron chi connectivity index (χ2n) is 5.12. The second-order valence-corrected chi connectivity index (χ2v) is 7.43. The molecule has 0 radical (unpaired) electrons. The monoisotopic (exact) mass is 336 g/mol. The number of piperidine rings is 1. The van der Waals surface area contributed by atoms with Gasteiger partial charge in [-0.25, -0.2) is 12.8 Å². The van der Waals surface area contributed by atoms with Crippen LogP contribution in [0.4, 0.5) is 10.1 Å². The summed E-state index contributed by atoms with van der Waals surface area (Å²) >= 11 is 5.67. The molecule has 118 valence electrons. The van der Waals surface area contributed by atoms with Crippen molar-refractivity contribution in [2.75, 3.05) is 32.5 Å². The highest BCUT2D eigenvalue weighted by atomic mass is 35.5. The van der Waals surface area contributed by atoms with Crippen LogP contribution in [-0.4, -0.2) is 39.5 Å². The number of rotatable bonds is 4. The second kappa shape index (κ2) is 6.48. The van der Waals surface area contributed by atoms with Gasteiger partial charge in [0.05, 0.1) is 5.02 Å². The molecule has 0 aromatic heterocycles. The van der Waals surface area contributed by atoms with E-state index in [9.17, 15) is 12.8 Å². The molecule has 2 N–H and O–H groups in total. The van der Waals surface area contributed by atoms with Gasteiger partial charge in [-0.3, -0.25) is 0 Å². The molecule has 5 nitrogen and oxygen atoms in total. The summed E-state index contributed by atoms with van der Waals surface area (Å²) in [6.07, 6.45) is 1.37. The van der Waals surface area contributed by atoms with E-state index in [4.69, 9.17) is 22.1 Å². The maximum atomic E-state index is 14.0. The molecule has 0 spiro atoms. The van der Waals surface area contributed by atoms with E-state index < -0.39 is 20.7 Å². The molecule has 1 aliphatic heterocycles. The number of hydrogen-bond acceptors (Lipinski definition) is 4. The van der Waals surface area contributed by atoms with Gasteiger partial charge >= 0.3 is 0 Å². The maximum Gasteiger partial charge on any atom is 0.246 e. The smallest absolute Gasteiger partial charge is 0.246 e. The van der Waals surface area contributed by atoms with Crippen molar-refractivity contribution in [2.24, 2.45) is 5.92 Å². The van der Waals surface area contributed by atoms with Crippen molar-refractivity contribution in [1.29, 1.82) is 0 Å². The number of sulfonamides is 1. The Morgan fingerprint density at radius 2 is 2.05 bits per heavy atom. The molecule has 1 heterocycles. The number of benzene rings is 1. The highest BCUT2D eigenvalue weighted by Gasteiger charge is 2.32.